The molecule has 0 aliphatic rings. The van der Waals surface area contributed by atoms with Crippen molar-refractivity contribution in [1.82, 2.24) is 24.8 Å². The summed E-state index contributed by atoms with van der Waals surface area (Å²) in [5.41, 5.74) is 2.46. The average molecular weight is 334 g/mol. The second kappa shape index (κ2) is 6.08. The Labute approximate surface area is 142 Å². The fourth-order valence-electron chi connectivity index (χ4n) is 2.56. The Bertz CT molecular complexity index is 1050. The number of ether oxygens (including phenoxy) is 1. The molecule has 4 rings (SSSR count). The van der Waals surface area contributed by atoms with Crippen LogP contribution in [0.5, 0.6) is 5.75 Å². The number of aromatic nitrogens is 5. The van der Waals surface area contributed by atoms with E-state index in [2.05, 4.69) is 25.6 Å². The van der Waals surface area contributed by atoms with Crippen molar-refractivity contribution in [2.24, 2.45) is 0 Å². The van der Waals surface area contributed by atoms with Gasteiger partial charge in [0.25, 0.3) is 5.91 Å². The fourth-order valence-corrected chi connectivity index (χ4v) is 2.56. The molecule has 0 bridgehead atoms. The molecule has 0 fully saturated rings. The number of hydrogen-bond donors (Lipinski definition) is 2. The van der Waals surface area contributed by atoms with Crippen LogP contribution in [0.3, 0.4) is 0 Å². The van der Waals surface area contributed by atoms with E-state index < -0.39 is 0 Å². The first-order valence-corrected chi connectivity index (χ1v) is 7.55. The molecule has 1 amide bonds. The second-order valence-corrected chi connectivity index (χ2v) is 5.27. The molecule has 0 saturated heterocycles. The summed E-state index contributed by atoms with van der Waals surface area (Å²) in [7, 11) is 1.61. The standard InChI is InChI=1S/C17H14N6O2/c1-25-14-6-3-2-5-11(14)13-9-15(22-21-13)20-17(24)12-10-19-23-8-4-7-18-16(12)23/h2-10H,1H3,(H2,20,21,22,24). The van der Waals surface area contributed by atoms with Crippen LogP contribution in [0.1, 0.15) is 10.4 Å². The highest BCUT2D eigenvalue weighted by Crippen LogP contribution is 2.29. The van der Waals surface area contributed by atoms with E-state index in [1.54, 1.807) is 36.2 Å². The van der Waals surface area contributed by atoms with Crippen LogP contribution >= 0.6 is 0 Å². The molecule has 0 unspecified atom stereocenters. The number of methoxy groups -OCH3 is 1. The predicted molar refractivity (Wildman–Crippen MR) is 91.5 cm³/mol. The number of anilines is 1. The molecule has 1 aromatic carbocycles. The van der Waals surface area contributed by atoms with Gasteiger partial charge in [0.1, 0.15) is 11.3 Å². The third kappa shape index (κ3) is 2.69. The Morgan fingerprint density at radius 1 is 1.28 bits per heavy atom. The third-order valence-electron chi connectivity index (χ3n) is 3.74. The van der Waals surface area contributed by atoms with E-state index in [4.69, 9.17) is 4.74 Å². The van der Waals surface area contributed by atoms with Gasteiger partial charge in [-0.25, -0.2) is 9.50 Å². The summed E-state index contributed by atoms with van der Waals surface area (Å²) in [4.78, 5) is 16.6. The maximum Gasteiger partial charge on any atom is 0.262 e. The highest BCUT2D eigenvalue weighted by molar-refractivity contribution is 6.07. The first-order valence-electron chi connectivity index (χ1n) is 7.55. The van der Waals surface area contributed by atoms with E-state index in [9.17, 15) is 4.79 Å². The van der Waals surface area contributed by atoms with Crippen molar-refractivity contribution in [3.05, 3.63) is 60.6 Å². The van der Waals surface area contributed by atoms with Crippen molar-refractivity contribution >= 4 is 17.4 Å². The average Bonchev–Trinajstić information content (AvgIpc) is 3.28. The molecule has 124 valence electrons. The second-order valence-electron chi connectivity index (χ2n) is 5.27. The summed E-state index contributed by atoms with van der Waals surface area (Å²) >= 11 is 0. The van der Waals surface area contributed by atoms with Crippen LogP contribution in [-0.4, -0.2) is 37.8 Å². The normalized spacial score (nSPS) is 10.8. The van der Waals surface area contributed by atoms with Crippen molar-refractivity contribution < 1.29 is 9.53 Å². The topological polar surface area (TPSA) is 97.2 Å². The SMILES string of the molecule is COc1ccccc1-c1cc(NC(=O)c2cnn3cccnc23)n[nH]1. The Morgan fingerprint density at radius 3 is 3.04 bits per heavy atom. The molecule has 2 N–H and O–H groups in total. The Morgan fingerprint density at radius 2 is 2.16 bits per heavy atom. The maximum atomic E-state index is 12.5. The number of para-hydroxylation sites is 1. The van der Waals surface area contributed by atoms with E-state index >= 15 is 0 Å². The van der Waals surface area contributed by atoms with Crippen LogP contribution in [0, 0.1) is 0 Å². The first-order chi connectivity index (χ1) is 12.3. The Kier molecular flexibility index (Phi) is 3.62. The molecule has 0 radical (unpaired) electrons. The highest BCUT2D eigenvalue weighted by atomic mass is 16.5. The lowest BCUT2D eigenvalue weighted by molar-refractivity contribution is 0.102. The van der Waals surface area contributed by atoms with Crippen molar-refractivity contribution in [3.63, 3.8) is 0 Å². The van der Waals surface area contributed by atoms with Crippen molar-refractivity contribution in [3.8, 4) is 17.0 Å². The molecular formula is C17H14N6O2. The molecule has 8 heteroatoms. The number of carbonyl (C=O) groups is 1. The van der Waals surface area contributed by atoms with Gasteiger partial charge in [-0.2, -0.15) is 10.2 Å². The van der Waals surface area contributed by atoms with Crippen molar-refractivity contribution in [1.29, 1.82) is 0 Å². The smallest absolute Gasteiger partial charge is 0.262 e. The number of rotatable bonds is 4. The number of amides is 1. The number of aromatic amines is 1. The number of nitrogens with zero attached hydrogens (tertiary/aromatic N) is 4. The van der Waals surface area contributed by atoms with Crippen LogP contribution in [0.2, 0.25) is 0 Å². The molecule has 3 aromatic heterocycles. The van der Waals surface area contributed by atoms with E-state index in [0.717, 1.165) is 17.0 Å². The predicted octanol–water partition coefficient (Wildman–Crippen LogP) is 2.38. The molecule has 4 aromatic rings. The molecule has 0 aliphatic heterocycles. The van der Waals surface area contributed by atoms with Gasteiger partial charge in [-0.05, 0) is 18.2 Å². The lowest BCUT2D eigenvalue weighted by Gasteiger charge is -2.05. The van der Waals surface area contributed by atoms with Gasteiger partial charge in [-0.1, -0.05) is 12.1 Å². The summed E-state index contributed by atoms with van der Waals surface area (Å²) in [6.45, 7) is 0. The Hall–Kier alpha value is -3.68. The molecule has 0 saturated carbocycles. The molecule has 0 aliphatic carbocycles. The van der Waals surface area contributed by atoms with Gasteiger partial charge in [0.2, 0.25) is 0 Å². The van der Waals surface area contributed by atoms with Crippen molar-refractivity contribution in [2.45, 2.75) is 0 Å². The van der Waals surface area contributed by atoms with Crippen LogP contribution in [-0.2, 0) is 0 Å². The largest absolute Gasteiger partial charge is 0.496 e. The van der Waals surface area contributed by atoms with Crippen LogP contribution < -0.4 is 10.1 Å². The van der Waals surface area contributed by atoms with Gasteiger partial charge in [-0.15, -0.1) is 0 Å². The number of carbonyl (C=O) groups excluding carboxylic acids is 1. The number of benzene rings is 1. The molecule has 3 heterocycles. The molecular weight excluding hydrogens is 320 g/mol. The quantitative estimate of drug-likeness (QED) is 0.597. The third-order valence-corrected chi connectivity index (χ3v) is 3.74. The molecule has 0 spiro atoms. The maximum absolute atomic E-state index is 12.5. The lowest BCUT2D eigenvalue weighted by atomic mass is 10.1. The summed E-state index contributed by atoms with van der Waals surface area (Å²) in [6, 6.07) is 11.1. The summed E-state index contributed by atoms with van der Waals surface area (Å²) in [5.74, 6) is 0.795. The van der Waals surface area contributed by atoms with E-state index in [1.807, 2.05) is 24.3 Å². The minimum atomic E-state index is -0.327. The van der Waals surface area contributed by atoms with Gasteiger partial charge in [0.05, 0.1) is 19.0 Å². The van der Waals surface area contributed by atoms with Crippen molar-refractivity contribution in [2.75, 3.05) is 12.4 Å². The highest BCUT2D eigenvalue weighted by Gasteiger charge is 2.16. The zero-order valence-electron chi connectivity index (χ0n) is 13.3. The van der Waals surface area contributed by atoms with Gasteiger partial charge in [0, 0.05) is 24.0 Å². The van der Waals surface area contributed by atoms with Gasteiger partial charge in [-0.3, -0.25) is 9.89 Å². The van der Waals surface area contributed by atoms with Crippen LogP contribution in [0.4, 0.5) is 5.82 Å². The summed E-state index contributed by atoms with van der Waals surface area (Å²) < 4.78 is 6.88. The molecule has 0 atom stereocenters. The number of nitrogens with one attached hydrogen (secondary N) is 2. The summed E-state index contributed by atoms with van der Waals surface area (Å²) in [6.07, 6.45) is 4.82. The zero-order chi connectivity index (χ0) is 17.2. The van der Waals surface area contributed by atoms with E-state index in [0.29, 0.717) is 17.0 Å². The monoisotopic (exact) mass is 334 g/mol. The van der Waals surface area contributed by atoms with E-state index in [-0.39, 0.29) is 5.91 Å². The Balaban J connectivity index is 1.60. The van der Waals surface area contributed by atoms with Gasteiger partial charge < -0.3 is 10.1 Å². The molecule has 25 heavy (non-hydrogen) atoms. The number of H-pyrrole nitrogens is 1. The minimum absolute atomic E-state index is 0.327. The lowest BCUT2D eigenvalue weighted by Crippen LogP contribution is -2.12. The van der Waals surface area contributed by atoms with Crippen LogP contribution in [0.25, 0.3) is 16.9 Å². The van der Waals surface area contributed by atoms with Gasteiger partial charge in [0.15, 0.2) is 11.5 Å². The van der Waals surface area contributed by atoms with Gasteiger partial charge >= 0.3 is 0 Å². The number of fused-ring (bicyclic) bond motifs is 1. The summed E-state index contributed by atoms with van der Waals surface area (Å²) in [5, 5.41) is 13.9. The number of hydrogen-bond acceptors (Lipinski definition) is 5. The minimum Gasteiger partial charge on any atom is -0.496 e. The molecule has 8 nitrogen and oxygen atoms in total. The fraction of sp³-hybridized carbons (Fsp3) is 0.0588. The first kappa shape index (κ1) is 14.9. The zero-order valence-corrected chi connectivity index (χ0v) is 13.3. The van der Waals surface area contributed by atoms with Crippen LogP contribution in [0.15, 0.2) is 55.0 Å². The van der Waals surface area contributed by atoms with E-state index in [1.165, 1.54) is 6.20 Å².